The minimum absolute atomic E-state index is 0.0218. The molecule has 0 radical (unpaired) electrons. The molecular formula is C14H20FNO4S. The number of aryl methyl sites for hydroxylation is 1. The maximum Gasteiger partial charge on any atom is 0.338 e. The molecule has 21 heavy (non-hydrogen) atoms. The fourth-order valence-electron chi connectivity index (χ4n) is 1.83. The molecular weight excluding hydrogens is 297 g/mol. The third-order valence-electron chi connectivity index (χ3n) is 3.61. The predicted molar refractivity (Wildman–Crippen MR) is 77.3 cm³/mol. The van der Waals surface area contributed by atoms with Crippen molar-refractivity contribution in [2.24, 2.45) is 5.92 Å². The van der Waals surface area contributed by atoms with Crippen LogP contribution in [0.15, 0.2) is 17.0 Å². The van der Waals surface area contributed by atoms with Gasteiger partial charge in [-0.3, -0.25) is 0 Å². The number of aromatic carboxylic acids is 1. The molecule has 7 heteroatoms. The lowest BCUT2D eigenvalue weighted by atomic mass is 10.0. The summed E-state index contributed by atoms with van der Waals surface area (Å²) in [5, 5.41) is 8.93. The number of benzene rings is 1. The number of hydrogen-bond acceptors (Lipinski definition) is 3. The van der Waals surface area contributed by atoms with E-state index in [1.165, 1.54) is 6.92 Å². The molecule has 1 rings (SSSR count). The smallest absolute Gasteiger partial charge is 0.338 e. The van der Waals surface area contributed by atoms with E-state index in [1.54, 1.807) is 6.92 Å². The van der Waals surface area contributed by atoms with Crippen molar-refractivity contribution in [1.29, 1.82) is 0 Å². The average Bonchev–Trinajstić information content (AvgIpc) is 2.39. The Balaban J connectivity index is 3.24. The summed E-state index contributed by atoms with van der Waals surface area (Å²) in [7, 11) is -3.89. The molecule has 0 saturated heterocycles. The Hall–Kier alpha value is -1.47. The Kier molecular flexibility index (Phi) is 5.47. The van der Waals surface area contributed by atoms with Gasteiger partial charge in [0.05, 0.1) is 10.5 Å². The molecule has 118 valence electrons. The van der Waals surface area contributed by atoms with Crippen LogP contribution >= 0.6 is 0 Å². The summed E-state index contributed by atoms with van der Waals surface area (Å²) in [6.45, 7) is 6.92. The fourth-order valence-corrected chi connectivity index (χ4v) is 3.29. The maximum absolute atomic E-state index is 13.7. The quantitative estimate of drug-likeness (QED) is 0.844. The summed E-state index contributed by atoms with van der Waals surface area (Å²) in [4.78, 5) is 10.7. The molecule has 0 aliphatic carbocycles. The van der Waals surface area contributed by atoms with Gasteiger partial charge in [-0.15, -0.1) is 0 Å². The zero-order valence-electron chi connectivity index (χ0n) is 12.5. The molecule has 2 unspecified atom stereocenters. The molecule has 0 bridgehead atoms. The van der Waals surface area contributed by atoms with E-state index in [0.29, 0.717) is 0 Å². The molecule has 5 nitrogen and oxygen atoms in total. The summed E-state index contributed by atoms with van der Waals surface area (Å²) in [6.07, 6.45) is 0.798. The number of rotatable bonds is 6. The Morgan fingerprint density at radius 2 is 1.95 bits per heavy atom. The molecule has 0 aliphatic rings. The van der Waals surface area contributed by atoms with Crippen molar-refractivity contribution in [3.63, 3.8) is 0 Å². The van der Waals surface area contributed by atoms with Crippen molar-refractivity contribution in [2.45, 2.75) is 45.1 Å². The number of sulfonamides is 1. The number of carbonyl (C=O) groups is 1. The largest absolute Gasteiger partial charge is 0.478 e. The normalized spacial score (nSPS) is 14.7. The van der Waals surface area contributed by atoms with Gasteiger partial charge in [-0.1, -0.05) is 20.3 Å². The highest BCUT2D eigenvalue weighted by Crippen LogP contribution is 2.20. The van der Waals surface area contributed by atoms with Gasteiger partial charge in [-0.05, 0) is 37.5 Å². The molecule has 0 aliphatic heterocycles. The number of carboxylic acids is 1. The number of hydrogen-bond donors (Lipinski definition) is 2. The van der Waals surface area contributed by atoms with Crippen LogP contribution in [0.3, 0.4) is 0 Å². The highest BCUT2D eigenvalue weighted by Gasteiger charge is 2.24. The van der Waals surface area contributed by atoms with Crippen molar-refractivity contribution in [3.8, 4) is 0 Å². The lowest BCUT2D eigenvalue weighted by Gasteiger charge is -2.20. The lowest BCUT2D eigenvalue weighted by molar-refractivity contribution is 0.0691. The second-order valence-electron chi connectivity index (χ2n) is 5.20. The van der Waals surface area contributed by atoms with Crippen molar-refractivity contribution in [2.75, 3.05) is 0 Å². The molecule has 1 aromatic rings. The van der Waals surface area contributed by atoms with Crippen LogP contribution in [-0.2, 0) is 10.0 Å². The molecule has 2 atom stereocenters. The standard InChI is InChI=1S/C14H20FNO4S/c1-5-8(2)10(4)16-21(19,20)11-6-9(3)13(15)12(7-11)14(17)18/h6-8,10,16H,5H2,1-4H3,(H,17,18). The maximum atomic E-state index is 13.7. The van der Waals surface area contributed by atoms with Crippen LogP contribution < -0.4 is 4.72 Å². The third kappa shape index (κ3) is 4.01. The first-order valence-electron chi connectivity index (χ1n) is 6.66. The highest BCUT2D eigenvalue weighted by molar-refractivity contribution is 7.89. The third-order valence-corrected chi connectivity index (χ3v) is 5.15. The second kappa shape index (κ2) is 6.53. The van der Waals surface area contributed by atoms with E-state index in [-0.39, 0.29) is 22.4 Å². The van der Waals surface area contributed by atoms with Gasteiger partial charge in [0.1, 0.15) is 5.82 Å². The van der Waals surface area contributed by atoms with E-state index in [0.717, 1.165) is 18.6 Å². The first-order chi connectivity index (χ1) is 9.60. The molecule has 0 heterocycles. The van der Waals surface area contributed by atoms with Gasteiger partial charge in [0.15, 0.2) is 0 Å². The van der Waals surface area contributed by atoms with Gasteiger partial charge >= 0.3 is 5.97 Å². The van der Waals surface area contributed by atoms with Crippen LogP contribution in [0.5, 0.6) is 0 Å². The van der Waals surface area contributed by atoms with Gasteiger partial charge in [0.25, 0.3) is 0 Å². The number of halogens is 1. The fraction of sp³-hybridized carbons (Fsp3) is 0.500. The molecule has 0 saturated carbocycles. The Morgan fingerprint density at radius 3 is 2.43 bits per heavy atom. The van der Waals surface area contributed by atoms with Gasteiger partial charge < -0.3 is 5.11 Å². The minimum atomic E-state index is -3.89. The van der Waals surface area contributed by atoms with Crippen molar-refractivity contribution >= 4 is 16.0 Å². The van der Waals surface area contributed by atoms with Crippen LogP contribution in [0, 0.1) is 18.7 Å². The SMILES string of the molecule is CCC(C)C(C)NS(=O)(=O)c1cc(C)c(F)c(C(=O)O)c1. The summed E-state index contributed by atoms with van der Waals surface area (Å²) in [5.41, 5.74) is -0.668. The topological polar surface area (TPSA) is 83.5 Å². The van der Waals surface area contributed by atoms with E-state index in [4.69, 9.17) is 5.11 Å². The molecule has 2 N–H and O–H groups in total. The Morgan fingerprint density at radius 1 is 1.38 bits per heavy atom. The van der Waals surface area contributed by atoms with Crippen LogP contribution in [0.2, 0.25) is 0 Å². The van der Waals surface area contributed by atoms with Crippen molar-refractivity contribution in [1.82, 2.24) is 4.72 Å². The minimum Gasteiger partial charge on any atom is -0.478 e. The van der Waals surface area contributed by atoms with Gasteiger partial charge in [-0.25, -0.2) is 22.3 Å². The first-order valence-corrected chi connectivity index (χ1v) is 8.14. The van der Waals surface area contributed by atoms with Crippen molar-refractivity contribution in [3.05, 3.63) is 29.1 Å². The first kappa shape index (κ1) is 17.6. The van der Waals surface area contributed by atoms with E-state index in [9.17, 15) is 17.6 Å². The zero-order chi connectivity index (χ0) is 16.4. The van der Waals surface area contributed by atoms with Gasteiger partial charge in [0, 0.05) is 6.04 Å². The number of carboxylic acid groups (broad SMARTS) is 1. The van der Waals surface area contributed by atoms with E-state index in [1.807, 2.05) is 13.8 Å². The summed E-state index contributed by atoms with van der Waals surface area (Å²) < 4.78 is 40.7. The molecule has 0 spiro atoms. The zero-order valence-corrected chi connectivity index (χ0v) is 13.3. The molecule has 0 fully saturated rings. The molecule has 1 aromatic carbocycles. The summed E-state index contributed by atoms with van der Waals surface area (Å²) in [5.74, 6) is -2.29. The number of nitrogens with one attached hydrogen (secondary N) is 1. The van der Waals surface area contributed by atoms with Crippen LogP contribution in [0.4, 0.5) is 4.39 Å². The van der Waals surface area contributed by atoms with E-state index in [2.05, 4.69) is 4.72 Å². The van der Waals surface area contributed by atoms with Gasteiger partial charge in [-0.2, -0.15) is 0 Å². The Labute approximate surface area is 124 Å². The van der Waals surface area contributed by atoms with Crippen LogP contribution in [-0.4, -0.2) is 25.5 Å². The summed E-state index contributed by atoms with van der Waals surface area (Å²) >= 11 is 0. The lowest BCUT2D eigenvalue weighted by Crippen LogP contribution is -2.37. The monoisotopic (exact) mass is 317 g/mol. The summed E-state index contributed by atoms with van der Waals surface area (Å²) in [6, 6.07) is 1.67. The molecule has 0 amide bonds. The molecule has 0 aromatic heterocycles. The van der Waals surface area contributed by atoms with Gasteiger partial charge in [0.2, 0.25) is 10.0 Å². The van der Waals surface area contributed by atoms with E-state index < -0.39 is 27.4 Å². The van der Waals surface area contributed by atoms with Crippen molar-refractivity contribution < 1.29 is 22.7 Å². The second-order valence-corrected chi connectivity index (χ2v) is 6.92. The van der Waals surface area contributed by atoms with Crippen LogP contribution in [0.25, 0.3) is 0 Å². The van der Waals surface area contributed by atoms with Crippen LogP contribution in [0.1, 0.15) is 43.1 Å². The van der Waals surface area contributed by atoms with E-state index >= 15 is 0 Å². The average molecular weight is 317 g/mol. The highest BCUT2D eigenvalue weighted by atomic mass is 32.2. The predicted octanol–water partition coefficient (Wildman–Crippen LogP) is 2.55. The Bertz CT molecular complexity index is 643.